The van der Waals surface area contributed by atoms with Crippen molar-refractivity contribution in [1.29, 1.82) is 0 Å². The van der Waals surface area contributed by atoms with Crippen LogP contribution >= 0.6 is 24.0 Å². The molecule has 0 amide bonds. The van der Waals surface area contributed by atoms with Gasteiger partial charge in [-0.25, -0.2) is 0 Å². The fourth-order valence-corrected chi connectivity index (χ4v) is 1.17. The average Bonchev–Trinajstić information content (AvgIpc) is 2.21. The molecule has 0 radical (unpaired) electrons. The summed E-state index contributed by atoms with van der Waals surface area (Å²) in [7, 11) is 0. The second-order valence-corrected chi connectivity index (χ2v) is 3.22. The molecule has 0 atom stereocenters. The number of aliphatic imine (C=N–C) groups is 1. The molecule has 0 bridgehead atoms. The van der Waals surface area contributed by atoms with Crippen molar-refractivity contribution in [2.75, 3.05) is 32.7 Å². The van der Waals surface area contributed by atoms with E-state index in [0.717, 1.165) is 39.1 Å². The van der Waals surface area contributed by atoms with Crippen LogP contribution in [0.2, 0.25) is 0 Å². The van der Waals surface area contributed by atoms with E-state index in [4.69, 9.17) is 5.73 Å². The smallest absolute Gasteiger partial charge is 0.188 e. The van der Waals surface area contributed by atoms with Gasteiger partial charge in [0.25, 0.3) is 0 Å². The second kappa shape index (κ2) is 12.0. The number of nitrogens with two attached hydrogens (primary N) is 1. The molecule has 92 valence electrons. The first kappa shape index (κ1) is 17.4. The number of nitrogens with zero attached hydrogens (tertiary/aromatic N) is 2. The molecule has 0 rings (SSSR count). The summed E-state index contributed by atoms with van der Waals surface area (Å²) >= 11 is 0. The van der Waals surface area contributed by atoms with Crippen molar-refractivity contribution in [3.63, 3.8) is 0 Å². The van der Waals surface area contributed by atoms with Crippen molar-refractivity contribution in [2.45, 2.75) is 27.2 Å². The van der Waals surface area contributed by atoms with Gasteiger partial charge in [0.05, 0.1) is 0 Å². The summed E-state index contributed by atoms with van der Waals surface area (Å²) in [6.07, 6.45) is 1.04. The fraction of sp³-hybridized carbons (Fsp3) is 0.900. The minimum absolute atomic E-state index is 0. The van der Waals surface area contributed by atoms with E-state index < -0.39 is 0 Å². The highest BCUT2D eigenvalue weighted by atomic mass is 127. The molecular formula is C10H25IN4. The molecule has 15 heavy (non-hydrogen) atoms. The number of likely N-dealkylation sites (N-methyl/N-ethyl adjacent to an activating group) is 1. The van der Waals surface area contributed by atoms with Crippen LogP contribution in [-0.4, -0.2) is 43.6 Å². The first-order valence-electron chi connectivity index (χ1n) is 5.50. The zero-order valence-electron chi connectivity index (χ0n) is 10.1. The summed E-state index contributed by atoms with van der Waals surface area (Å²) in [5.74, 6) is 0.569. The lowest BCUT2D eigenvalue weighted by Gasteiger charge is -2.18. The third kappa shape index (κ3) is 10.2. The maximum absolute atomic E-state index is 5.65. The molecule has 3 N–H and O–H groups in total. The Morgan fingerprint density at radius 3 is 2.33 bits per heavy atom. The van der Waals surface area contributed by atoms with Gasteiger partial charge in [-0.2, -0.15) is 0 Å². The molecule has 0 aliphatic carbocycles. The molecule has 0 heterocycles. The summed E-state index contributed by atoms with van der Waals surface area (Å²) in [4.78, 5) is 6.50. The van der Waals surface area contributed by atoms with Gasteiger partial charge in [0.15, 0.2) is 5.96 Å². The second-order valence-electron chi connectivity index (χ2n) is 3.22. The monoisotopic (exact) mass is 328 g/mol. The predicted octanol–water partition coefficient (Wildman–Crippen LogP) is 1.26. The normalized spacial score (nSPS) is 11.3. The molecule has 0 saturated carbocycles. The summed E-state index contributed by atoms with van der Waals surface area (Å²) in [5, 5.41) is 3.10. The Hall–Kier alpha value is -0.0400. The number of nitrogens with one attached hydrogen (secondary N) is 1. The Bertz CT molecular complexity index is 158. The molecular weight excluding hydrogens is 303 g/mol. The standard InChI is InChI=1S/C10H24N4.HI/c1-4-7-12-10(11)13-8-9-14(5-2)6-3;/h4-9H2,1-3H3,(H3,11,12,13);1H. The van der Waals surface area contributed by atoms with E-state index in [1.54, 1.807) is 0 Å². The molecule has 0 aliphatic heterocycles. The molecule has 0 aromatic heterocycles. The maximum Gasteiger partial charge on any atom is 0.188 e. The van der Waals surface area contributed by atoms with Gasteiger partial charge in [-0.3, -0.25) is 4.99 Å². The van der Waals surface area contributed by atoms with Crippen molar-refractivity contribution in [2.24, 2.45) is 10.7 Å². The van der Waals surface area contributed by atoms with Crippen LogP contribution in [0.15, 0.2) is 4.99 Å². The first-order valence-corrected chi connectivity index (χ1v) is 5.50. The molecule has 4 nitrogen and oxygen atoms in total. The quantitative estimate of drug-likeness (QED) is 0.420. The van der Waals surface area contributed by atoms with Crippen LogP contribution in [0.5, 0.6) is 0 Å². The van der Waals surface area contributed by atoms with Gasteiger partial charge in [0.1, 0.15) is 0 Å². The number of halogens is 1. The van der Waals surface area contributed by atoms with Crippen LogP contribution in [0.1, 0.15) is 27.2 Å². The highest BCUT2D eigenvalue weighted by molar-refractivity contribution is 14.0. The SMILES string of the molecule is CCCN=C(N)NCCN(CC)CC.I. The Morgan fingerprint density at radius 2 is 1.87 bits per heavy atom. The van der Waals surface area contributed by atoms with E-state index in [1.807, 2.05) is 0 Å². The molecule has 0 unspecified atom stereocenters. The molecule has 0 aromatic carbocycles. The zero-order valence-corrected chi connectivity index (χ0v) is 12.5. The lowest BCUT2D eigenvalue weighted by molar-refractivity contribution is 0.308. The van der Waals surface area contributed by atoms with Crippen molar-refractivity contribution in [1.82, 2.24) is 10.2 Å². The first-order chi connectivity index (χ1) is 6.74. The van der Waals surface area contributed by atoms with Crippen LogP contribution in [0.25, 0.3) is 0 Å². The predicted molar refractivity (Wildman–Crippen MR) is 78.0 cm³/mol. The van der Waals surface area contributed by atoms with E-state index in [0.29, 0.717) is 5.96 Å². The summed E-state index contributed by atoms with van der Waals surface area (Å²) in [5.41, 5.74) is 5.65. The fourth-order valence-electron chi connectivity index (χ4n) is 1.17. The summed E-state index contributed by atoms with van der Waals surface area (Å²) in [6, 6.07) is 0. The van der Waals surface area contributed by atoms with Gasteiger partial charge in [-0.05, 0) is 19.5 Å². The molecule has 0 aromatic rings. The highest BCUT2D eigenvalue weighted by Gasteiger charge is 1.97. The average molecular weight is 328 g/mol. The molecule has 0 spiro atoms. The molecule has 5 heteroatoms. The van der Waals surface area contributed by atoms with Crippen LogP contribution in [0.3, 0.4) is 0 Å². The Morgan fingerprint density at radius 1 is 1.27 bits per heavy atom. The topological polar surface area (TPSA) is 53.6 Å². The van der Waals surface area contributed by atoms with Crippen LogP contribution in [0.4, 0.5) is 0 Å². The molecule has 0 aliphatic rings. The van der Waals surface area contributed by atoms with Crippen molar-refractivity contribution in [3.8, 4) is 0 Å². The lowest BCUT2D eigenvalue weighted by atomic mass is 10.4. The Kier molecular flexibility index (Phi) is 13.9. The number of hydrogen-bond acceptors (Lipinski definition) is 2. The summed E-state index contributed by atoms with van der Waals surface area (Å²) < 4.78 is 0. The summed E-state index contributed by atoms with van der Waals surface area (Å²) in [6.45, 7) is 11.3. The van der Waals surface area contributed by atoms with Crippen molar-refractivity contribution >= 4 is 29.9 Å². The third-order valence-electron chi connectivity index (χ3n) is 2.13. The minimum Gasteiger partial charge on any atom is -0.370 e. The molecule has 0 fully saturated rings. The van der Waals surface area contributed by atoms with E-state index in [1.165, 1.54) is 0 Å². The minimum atomic E-state index is 0. The lowest BCUT2D eigenvalue weighted by Crippen LogP contribution is -2.38. The van der Waals surface area contributed by atoms with Gasteiger partial charge in [0.2, 0.25) is 0 Å². The number of hydrogen-bond donors (Lipinski definition) is 2. The van der Waals surface area contributed by atoms with Crippen molar-refractivity contribution < 1.29 is 0 Å². The molecule has 0 saturated heterocycles. The van der Waals surface area contributed by atoms with Gasteiger partial charge in [-0.1, -0.05) is 20.8 Å². The highest BCUT2D eigenvalue weighted by Crippen LogP contribution is 1.84. The maximum atomic E-state index is 5.65. The van der Waals surface area contributed by atoms with E-state index in [9.17, 15) is 0 Å². The van der Waals surface area contributed by atoms with E-state index in [2.05, 4.69) is 36.0 Å². The largest absolute Gasteiger partial charge is 0.370 e. The van der Waals surface area contributed by atoms with Crippen LogP contribution < -0.4 is 11.1 Å². The third-order valence-corrected chi connectivity index (χ3v) is 2.13. The Balaban J connectivity index is 0. The van der Waals surface area contributed by atoms with Crippen LogP contribution in [0, 0.1) is 0 Å². The van der Waals surface area contributed by atoms with Gasteiger partial charge < -0.3 is 16.0 Å². The van der Waals surface area contributed by atoms with Gasteiger partial charge in [0, 0.05) is 19.6 Å². The van der Waals surface area contributed by atoms with E-state index >= 15 is 0 Å². The van der Waals surface area contributed by atoms with Crippen LogP contribution in [-0.2, 0) is 0 Å². The van der Waals surface area contributed by atoms with E-state index in [-0.39, 0.29) is 24.0 Å². The van der Waals surface area contributed by atoms with Gasteiger partial charge >= 0.3 is 0 Å². The number of rotatable bonds is 7. The van der Waals surface area contributed by atoms with Crippen molar-refractivity contribution in [3.05, 3.63) is 0 Å². The van der Waals surface area contributed by atoms with Gasteiger partial charge in [-0.15, -0.1) is 24.0 Å². The number of guanidine groups is 1. The Labute approximate surface area is 111 Å². The zero-order chi connectivity index (χ0) is 10.8.